The van der Waals surface area contributed by atoms with Crippen LogP contribution in [0.4, 0.5) is 5.82 Å². The van der Waals surface area contributed by atoms with E-state index in [2.05, 4.69) is 25.2 Å². The Morgan fingerprint density at radius 3 is 2.88 bits per heavy atom. The summed E-state index contributed by atoms with van der Waals surface area (Å²) in [6.07, 6.45) is 6.69. The Labute approximate surface area is 140 Å². The number of aromatic nitrogens is 4. The molecule has 1 aliphatic heterocycles. The van der Waals surface area contributed by atoms with Crippen LogP contribution < -0.4 is 15.6 Å². The van der Waals surface area contributed by atoms with E-state index in [0.717, 1.165) is 37.3 Å². The van der Waals surface area contributed by atoms with Gasteiger partial charge in [-0.15, -0.1) is 0 Å². The van der Waals surface area contributed by atoms with Gasteiger partial charge < -0.3 is 14.6 Å². The number of nitrogens with one attached hydrogen (secondary N) is 1. The summed E-state index contributed by atoms with van der Waals surface area (Å²) in [4.78, 5) is 26.7. The predicted octanol–water partition coefficient (Wildman–Crippen LogP) is 0.655. The van der Waals surface area contributed by atoms with Crippen molar-refractivity contribution in [2.45, 2.75) is 25.4 Å². The molecule has 0 amide bonds. The van der Waals surface area contributed by atoms with E-state index in [4.69, 9.17) is 4.74 Å². The third kappa shape index (κ3) is 3.88. The molecule has 3 heterocycles. The van der Waals surface area contributed by atoms with Gasteiger partial charge in [0.2, 0.25) is 5.88 Å². The van der Waals surface area contributed by atoms with Crippen LogP contribution in [0, 0.1) is 0 Å². The summed E-state index contributed by atoms with van der Waals surface area (Å²) >= 11 is 0. The Hall–Kier alpha value is -2.48. The number of hydrogen-bond donors (Lipinski definition) is 1. The molecule has 8 nitrogen and oxygen atoms in total. The zero-order valence-electron chi connectivity index (χ0n) is 14.0. The van der Waals surface area contributed by atoms with Crippen molar-refractivity contribution in [1.29, 1.82) is 0 Å². The summed E-state index contributed by atoms with van der Waals surface area (Å²) in [5, 5.41) is 3.42. The maximum absolute atomic E-state index is 12.1. The summed E-state index contributed by atoms with van der Waals surface area (Å²) in [5.41, 5.74) is 0.769. The number of ether oxygens (including phenoxy) is 1. The van der Waals surface area contributed by atoms with Gasteiger partial charge in [0, 0.05) is 50.6 Å². The molecule has 128 valence electrons. The van der Waals surface area contributed by atoms with Crippen molar-refractivity contribution >= 4 is 5.82 Å². The molecule has 1 N–H and O–H groups in total. The third-order valence-electron chi connectivity index (χ3n) is 4.25. The van der Waals surface area contributed by atoms with E-state index in [1.165, 1.54) is 17.2 Å². The van der Waals surface area contributed by atoms with Gasteiger partial charge in [-0.05, 0) is 12.8 Å². The van der Waals surface area contributed by atoms with Crippen LogP contribution in [0.1, 0.15) is 18.4 Å². The van der Waals surface area contributed by atoms with Gasteiger partial charge in [-0.1, -0.05) is 0 Å². The number of anilines is 1. The van der Waals surface area contributed by atoms with E-state index in [1.54, 1.807) is 26.4 Å². The van der Waals surface area contributed by atoms with Gasteiger partial charge in [0.25, 0.3) is 5.56 Å². The Morgan fingerprint density at radius 2 is 2.12 bits per heavy atom. The van der Waals surface area contributed by atoms with Crippen molar-refractivity contribution < 1.29 is 4.74 Å². The minimum Gasteiger partial charge on any atom is -0.481 e. The van der Waals surface area contributed by atoms with Gasteiger partial charge in [0.05, 0.1) is 13.4 Å². The van der Waals surface area contributed by atoms with Gasteiger partial charge in [-0.2, -0.15) is 0 Å². The molecule has 1 fully saturated rings. The Kier molecular flexibility index (Phi) is 5.05. The van der Waals surface area contributed by atoms with Crippen LogP contribution in [0.2, 0.25) is 0 Å². The highest BCUT2D eigenvalue weighted by atomic mass is 16.5. The monoisotopic (exact) mass is 330 g/mol. The summed E-state index contributed by atoms with van der Waals surface area (Å²) < 4.78 is 6.63. The molecule has 8 heteroatoms. The Bertz CT molecular complexity index is 739. The first-order valence-corrected chi connectivity index (χ1v) is 8.00. The molecule has 1 aliphatic rings. The first-order chi connectivity index (χ1) is 11.7. The number of piperidine rings is 1. The summed E-state index contributed by atoms with van der Waals surface area (Å²) in [6, 6.07) is 2.16. The van der Waals surface area contributed by atoms with Crippen molar-refractivity contribution in [3.05, 3.63) is 40.8 Å². The second-order valence-electron chi connectivity index (χ2n) is 5.98. The smallest absolute Gasteiger partial charge is 0.257 e. The minimum atomic E-state index is 0.0262. The van der Waals surface area contributed by atoms with E-state index in [-0.39, 0.29) is 5.56 Å². The lowest BCUT2D eigenvalue weighted by Crippen LogP contribution is -2.40. The zero-order chi connectivity index (χ0) is 16.9. The van der Waals surface area contributed by atoms with Crippen molar-refractivity contribution in [2.24, 2.45) is 7.05 Å². The highest BCUT2D eigenvalue weighted by Crippen LogP contribution is 2.18. The molecule has 0 bridgehead atoms. The molecule has 0 saturated carbocycles. The highest BCUT2D eigenvalue weighted by Gasteiger charge is 2.20. The summed E-state index contributed by atoms with van der Waals surface area (Å²) in [7, 11) is 3.32. The van der Waals surface area contributed by atoms with Gasteiger partial charge in [0.1, 0.15) is 12.1 Å². The number of aryl methyl sites for hydroxylation is 1. The molecule has 3 rings (SSSR count). The van der Waals surface area contributed by atoms with Crippen molar-refractivity contribution in [2.75, 3.05) is 25.5 Å². The average Bonchev–Trinajstić information content (AvgIpc) is 2.61. The predicted molar refractivity (Wildman–Crippen MR) is 90.0 cm³/mol. The fourth-order valence-electron chi connectivity index (χ4n) is 2.88. The van der Waals surface area contributed by atoms with Crippen molar-refractivity contribution in [1.82, 2.24) is 24.4 Å². The normalized spacial score (nSPS) is 16.1. The highest BCUT2D eigenvalue weighted by molar-refractivity contribution is 5.38. The lowest BCUT2D eigenvalue weighted by atomic mass is 10.0. The lowest BCUT2D eigenvalue weighted by molar-refractivity contribution is 0.210. The number of methoxy groups -OCH3 is 1. The molecule has 0 atom stereocenters. The van der Waals surface area contributed by atoms with Crippen molar-refractivity contribution in [3.8, 4) is 5.88 Å². The molecule has 0 radical (unpaired) electrons. The topological polar surface area (TPSA) is 85.2 Å². The zero-order valence-corrected chi connectivity index (χ0v) is 14.0. The SMILES string of the molecule is COc1cc(NC2CCN(Cc3cncn(C)c3=O)CC2)ncn1. The largest absolute Gasteiger partial charge is 0.481 e. The molecule has 1 saturated heterocycles. The van der Waals surface area contributed by atoms with E-state index >= 15 is 0 Å². The molecule has 0 spiro atoms. The first-order valence-electron chi connectivity index (χ1n) is 8.00. The molecule has 0 aromatic carbocycles. The van der Waals surface area contributed by atoms with E-state index < -0.39 is 0 Å². The quantitative estimate of drug-likeness (QED) is 0.862. The molecule has 0 unspecified atom stereocenters. The van der Waals surface area contributed by atoms with Gasteiger partial charge in [-0.25, -0.2) is 15.0 Å². The summed E-state index contributed by atoms with van der Waals surface area (Å²) in [6.45, 7) is 2.50. The van der Waals surface area contributed by atoms with E-state index in [0.29, 0.717) is 18.5 Å². The fourth-order valence-corrected chi connectivity index (χ4v) is 2.88. The number of rotatable bonds is 5. The second-order valence-corrected chi connectivity index (χ2v) is 5.98. The Balaban J connectivity index is 1.54. The van der Waals surface area contributed by atoms with Crippen LogP contribution >= 0.6 is 0 Å². The fraction of sp³-hybridized carbons (Fsp3) is 0.500. The number of hydrogen-bond acceptors (Lipinski definition) is 7. The molecule has 2 aromatic rings. The van der Waals surface area contributed by atoms with Gasteiger partial charge in [0.15, 0.2) is 0 Å². The number of likely N-dealkylation sites (tertiary alicyclic amines) is 1. The molecular weight excluding hydrogens is 308 g/mol. The van der Waals surface area contributed by atoms with Crippen molar-refractivity contribution in [3.63, 3.8) is 0 Å². The maximum Gasteiger partial charge on any atom is 0.257 e. The molecular formula is C16H22N6O2. The van der Waals surface area contributed by atoms with Gasteiger partial charge in [-0.3, -0.25) is 9.69 Å². The lowest BCUT2D eigenvalue weighted by Gasteiger charge is -2.32. The number of nitrogens with zero attached hydrogens (tertiary/aromatic N) is 5. The van der Waals surface area contributed by atoms with Crippen LogP contribution in [0.3, 0.4) is 0 Å². The van der Waals surface area contributed by atoms with Crippen LogP contribution in [-0.4, -0.2) is 50.7 Å². The molecule has 24 heavy (non-hydrogen) atoms. The van der Waals surface area contributed by atoms with Crippen LogP contribution in [-0.2, 0) is 13.6 Å². The van der Waals surface area contributed by atoms with E-state index in [1.807, 2.05) is 0 Å². The van der Waals surface area contributed by atoms with Gasteiger partial charge >= 0.3 is 0 Å². The second kappa shape index (κ2) is 7.39. The molecule has 2 aromatic heterocycles. The maximum atomic E-state index is 12.1. The van der Waals surface area contributed by atoms with E-state index in [9.17, 15) is 4.79 Å². The standard InChI is InChI=1S/C16H22N6O2/c1-21-11-17-8-12(16(21)23)9-22-5-3-13(4-6-22)20-14-7-15(24-2)19-10-18-14/h7-8,10-11,13H,3-6,9H2,1-2H3,(H,18,19,20). The summed E-state index contributed by atoms with van der Waals surface area (Å²) in [5.74, 6) is 1.33. The van der Waals surface area contributed by atoms with Crippen LogP contribution in [0.25, 0.3) is 0 Å². The van der Waals surface area contributed by atoms with Crippen LogP contribution in [0.15, 0.2) is 29.7 Å². The third-order valence-corrected chi connectivity index (χ3v) is 4.25. The van der Waals surface area contributed by atoms with Crippen LogP contribution in [0.5, 0.6) is 5.88 Å². The average molecular weight is 330 g/mol. The Morgan fingerprint density at radius 1 is 1.33 bits per heavy atom. The minimum absolute atomic E-state index is 0.0262. The molecule has 0 aliphatic carbocycles. The first kappa shape index (κ1) is 16.4.